The van der Waals surface area contributed by atoms with Crippen LogP contribution in [0, 0.1) is 0 Å². The molecule has 0 bridgehead atoms. The molecule has 150 valence electrons. The molecule has 0 amide bonds. The van der Waals surface area contributed by atoms with E-state index in [0.29, 0.717) is 19.4 Å². The van der Waals surface area contributed by atoms with Gasteiger partial charge < -0.3 is 35.2 Å². The second-order valence-corrected chi connectivity index (χ2v) is 6.82. The highest BCUT2D eigenvalue weighted by Crippen LogP contribution is 2.56. The van der Waals surface area contributed by atoms with Crippen LogP contribution in [0.5, 0.6) is 28.7 Å². The van der Waals surface area contributed by atoms with Gasteiger partial charge in [-0.3, -0.25) is 0 Å². The first-order valence-electron chi connectivity index (χ1n) is 9.13. The van der Waals surface area contributed by atoms with Crippen molar-refractivity contribution in [2.75, 3.05) is 27.7 Å². The van der Waals surface area contributed by atoms with Crippen molar-refractivity contribution in [3.8, 4) is 28.7 Å². The van der Waals surface area contributed by atoms with Crippen molar-refractivity contribution in [1.82, 2.24) is 4.90 Å². The van der Waals surface area contributed by atoms with Crippen LogP contribution in [0.4, 0.5) is 0 Å². The second-order valence-electron chi connectivity index (χ2n) is 6.82. The highest BCUT2D eigenvalue weighted by atomic mass is 16.5. The average molecular weight is 371 g/mol. The topological polar surface area (TPSA) is 114 Å². The summed E-state index contributed by atoms with van der Waals surface area (Å²) in [6, 6.07) is 0. The zero-order chi connectivity index (χ0) is 20.1. The molecule has 0 radical (unpaired) electrons. The third-order valence-electron chi connectivity index (χ3n) is 4.86. The van der Waals surface area contributed by atoms with Crippen LogP contribution in [0.1, 0.15) is 57.4 Å². The lowest BCUT2D eigenvalue weighted by Gasteiger charge is -2.41. The number of ether oxygens (including phenoxy) is 1. The first kappa shape index (κ1) is 22.2. The lowest BCUT2D eigenvalue weighted by molar-refractivity contribution is -0.0290. The van der Waals surface area contributed by atoms with Gasteiger partial charge in [0.05, 0.1) is 18.3 Å². The van der Waals surface area contributed by atoms with Crippen LogP contribution in [0.2, 0.25) is 0 Å². The molecule has 26 heavy (non-hydrogen) atoms. The Morgan fingerprint density at radius 2 is 1.38 bits per heavy atom. The van der Waals surface area contributed by atoms with E-state index in [1.165, 1.54) is 7.11 Å². The van der Waals surface area contributed by atoms with Gasteiger partial charge in [-0.05, 0) is 26.9 Å². The molecule has 1 unspecified atom stereocenters. The number of aliphatic hydroxyl groups is 1. The number of benzene rings is 1. The van der Waals surface area contributed by atoms with Gasteiger partial charge in [-0.25, -0.2) is 0 Å². The molecule has 1 aliphatic carbocycles. The minimum absolute atomic E-state index is 0.0519. The fraction of sp³-hybridized carbons (Fsp3) is 0.684. The SMILES string of the molecule is CC.COc1c(O)c(O)c(C(CN(C)C)C2(O)CCCCC2)c(O)c1O. The van der Waals surface area contributed by atoms with Gasteiger partial charge >= 0.3 is 0 Å². The molecule has 7 nitrogen and oxygen atoms in total. The van der Waals surface area contributed by atoms with Crippen molar-refractivity contribution in [3.05, 3.63) is 5.56 Å². The van der Waals surface area contributed by atoms with E-state index in [0.717, 1.165) is 19.3 Å². The molecular formula is C19H33NO6. The molecule has 7 heteroatoms. The van der Waals surface area contributed by atoms with Crippen LogP contribution < -0.4 is 4.74 Å². The predicted molar refractivity (Wildman–Crippen MR) is 100 cm³/mol. The van der Waals surface area contributed by atoms with E-state index in [2.05, 4.69) is 0 Å². The number of aromatic hydroxyl groups is 4. The van der Waals surface area contributed by atoms with Crippen LogP contribution in [-0.4, -0.2) is 63.8 Å². The molecule has 0 spiro atoms. The standard InChI is InChI=1S/C17H27NO6.C2H6/c1-18(2)9-10(17(23)7-5-4-6-8-17)11-12(19)14(21)16(24-3)15(22)13(11)20;1-2/h10,19-23H,4-9H2,1-3H3;1-2H3. The Bertz CT molecular complexity index is 567. The first-order valence-corrected chi connectivity index (χ1v) is 9.13. The Morgan fingerprint density at radius 1 is 0.923 bits per heavy atom. The van der Waals surface area contributed by atoms with Crippen LogP contribution in [0.15, 0.2) is 0 Å². The molecule has 1 aromatic rings. The van der Waals surface area contributed by atoms with Gasteiger partial charge in [0.15, 0.2) is 11.5 Å². The highest BCUT2D eigenvalue weighted by Gasteiger charge is 2.43. The fourth-order valence-corrected chi connectivity index (χ4v) is 3.63. The maximum absolute atomic E-state index is 11.1. The van der Waals surface area contributed by atoms with Gasteiger partial charge in [-0.2, -0.15) is 0 Å². The minimum Gasteiger partial charge on any atom is -0.504 e. The number of phenolic OH excluding ortho intramolecular Hbond substituents is 4. The van der Waals surface area contributed by atoms with Gasteiger partial charge in [-0.15, -0.1) is 0 Å². The largest absolute Gasteiger partial charge is 0.504 e. The monoisotopic (exact) mass is 371 g/mol. The first-order chi connectivity index (χ1) is 12.2. The summed E-state index contributed by atoms with van der Waals surface area (Å²) in [6.07, 6.45) is 3.76. The van der Waals surface area contributed by atoms with Gasteiger partial charge in [0.2, 0.25) is 17.2 Å². The fourth-order valence-electron chi connectivity index (χ4n) is 3.63. The Balaban J connectivity index is 0.00000163. The number of nitrogens with zero attached hydrogens (tertiary/aromatic N) is 1. The number of methoxy groups -OCH3 is 1. The van der Waals surface area contributed by atoms with Gasteiger partial charge in [-0.1, -0.05) is 33.1 Å². The Labute approximate surface area is 155 Å². The molecule has 1 fully saturated rings. The molecule has 1 saturated carbocycles. The van der Waals surface area contributed by atoms with E-state index in [-0.39, 0.29) is 5.56 Å². The van der Waals surface area contributed by atoms with Crippen molar-refractivity contribution in [3.63, 3.8) is 0 Å². The summed E-state index contributed by atoms with van der Waals surface area (Å²) >= 11 is 0. The zero-order valence-electron chi connectivity index (χ0n) is 16.4. The molecule has 0 aromatic heterocycles. The molecule has 1 aromatic carbocycles. The maximum Gasteiger partial charge on any atom is 0.210 e. The quantitative estimate of drug-likeness (QED) is 0.399. The molecule has 0 heterocycles. The number of likely N-dealkylation sites (N-methyl/N-ethyl adjacent to an activating group) is 1. The lowest BCUT2D eigenvalue weighted by Crippen LogP contribution is -2.43. The Hall–Kier alpha value is -1.86. The normalized spacial score (nSPS) is 17.3. The number of rotatable bonds is 5. The van der Waals surface area contributed by atoms with Crippen LogP contribution in [-0.2, 0) is 0 Å². The summed E-state index contributed by atoms with van der Waals surface area (Å²) in [5, 5.41) is 52.2. The third kappa shape index (κ3) is 4.27. The highest BCUT2D eigenvalue weighted by molar-refractivity contribution is 5.69. The molecule has 0 saturated heterocycles. The summed E-state index contributed by atoms with van der Waals surface area (Å²) < 4.78 is 4.83. The van der Waals surface area contributed by atoms with Gasteiger partial charge in [0.1, 0.15) is 0 Å². The summed E-state index contributed by atoms with van der Waals surface area (Å²) in [5.74, 6) is -3.51. The van der Waals surface area contributed by atoms with Gasteiger partial charge in [0.25, 0.3) is 0 Å². The van der Waals surface area contributed by atoms with Crippen molar-refractivity contribution in [1.29, 1.82) is 0 Å². The van der Waals surface area contributed by atoms with Gasteiger partial charge in [0, 0.05) is 12.5 Å². The number of hydrogen-bond acceptors (Lipinski definition) is 7. The predicted octanol–water partition coefficient (Wildman–Crippen LogP) is 2.88. The molecular weight excluding hydrogens is 338 g/mol. The smallest absolute Gasteiger partial charge is 0.210 e. The zero-order valence-corrected chi connectivity index (χ0v) is 16.4. The third-order valence-corrected chi connectivity index (χ3v) is 4.86. The van der Waals surface area contributed by atoms with Crippen molar-refractivity contribution < 1.29 is 30.3 Å². The number of phenols is 4. The second kappa shape index (κ2) is 9.19. The summed E-state index contributed by atoms with van der Waals surface area (Å²) in [5.41, 5.74) is -1.19. The van der Waals surface area contributed by atoms with E-state index < -0.39 is 40.3 Å². The van der Waals surface area contributed by atoms with Crippen molar-refractivity contribution in [2.24, 2.45) is 0 Å². The summed E-state index contributed by atoms with van der Waals surface area (Å²) in [7, 11) is 4.84. The minimum atomic E-state index is -1.13. The average Bonchev–Trinajstić information content (AvgIpc) is 2.62. The summed E-state index contributed by atoms with van der Waals surface area (Å²) in [6.45, 7) is 4.34. The van der Waals surface area contributed by atoms with E-state index in [1.54, 1.807) is 0 Å². The molecule has 1 aliphatic rings. The van der Waals surface area contributed by atoms with Crippen molar-refractivity contribution in [2.45, 2.75) is 57.5 Å². The van der Waals surface area contributed by atoms with Crippen LogP contribution in [0.25, 0.3) is 0 Å². The Kier molecular flexibility index (Phi) is 7.84. The maximum atomic E-state index is 11.1. The van der Waals surface area contributed by atoms with Crippen LogP contribution in [0.3, 0.4) is 0 Å². The molecule has 0 aliphatic heterocycles. The lowest BCUT2D eigenvalue weighted by atomic mass is 9.72. The van der Waals surface area contributed by atoms with Crippen molar-refractivity contribution >= 4 is 0 Å². The molecule has 1 atom stereocenters. The van der Waals surface area contributed by atoms with E-state index in [9.17, 15) is 25.5 Å². The molecule has 5 N–H and O–H groups in total. The van der Waals surface area contributed by atoms with E-state index in [1.807, 2.05) is 32.8 Å². The molecule has 2 rings (SSSR count). The summed E-state index contributed by atoms with van der Waals surface area (Å²) in [4.78, 5) is 1.83. The van der Waals surface area contributed by atoms with E-state index in [4.69, 9.17) is 4.74 Å². The van der Waals surface area contributed by atoms with E-state index >= 15 is 0 Å². The Morgan fingerprint density at radius 3 is 1.77 bits per heavy atom. The number of hydrogen-bond donors (Lipinski definition) is 5. The van der Waals surface area contributed by atoms with Crippen LogP contribution >= 0.6 is 0 Å².